The molecule has 0 radical (unpaired) electrons. The summed E-state index contributed by atoms with van der Waals surface area (Å²) in [5.41, 5.74) is 8.74. The predicted molar refractivity (Wildman–Crippen MR) is 97.5 cm³/mol. The van der Waals surface area contributed by atoms with Crippen LogP contribution in [-0.4, -0.2) is 11.7 Å². The zero-order chi connectivity index (χ0) is 17.4. The molecule has 0 aliphatic heterocycles. The lowest BCUT2D eigenvalue weighted by Crippen LogP contribution is -2.30. The lowest BCUT2D eigenvalue weighted by Gasteiger charge is -2.09. The SMILES string of the molecule is COc1cc(C)c(-n2cc[n+](-c3c(C)cc(C)cc3C)c2)c(C)c1. The molecule has 0 aliphatic rings. The van der Waals surface area contributed by atoms with Gasteiger partial charge in [-0.25, -0.2) is 9.13 Å². The summed E-state index contributed by atoms with van der Waals surface area (Å²) in [6, 6.07) is 8.62. The number of nitrogens with zero attached hydrogens (tertiary/aromatic N) is 2. The van der Waals surface area contributed by atoms with E-state index in [1.807, 2.05) is 0 Å². The Bertz CT molecular complexity index is 860. The second kappa shape index (κ2) is 6.16. The van der Waals surface area contributed by atoms with E-state index in [0.29, 0.717) is 0 Å². The van der Waals surface area contributed by atoms with Gasteiger partial charge in [0, 0.05) is 11.1 Å². The lowest BCUT2D eigenvalue weighted by molar-refractivity contribution is -0.595. The Morgan fingerprint density at radius 2 is 1.42 bits per heavy atom. The molecule has 3 nitrogen and oxygen atoms in total. The van der Waals surface area contributed by atoms with E-state index in [1.54, 1.807) is 7.11 Å². The first-order chi connectivity index (χ1) is 11.4. The quantitative estimate of drug-likeness (QED) is 0.658. The summed E-state index contributed by atoms with van der Waals surface area (Å²) in [6.45, 7) is 10.7. The first-order valence-electron chi connectivity index (χ1n) is 8.24. The number of ether oxygens (including phenoxy) is 1. The van der Waals surface area contributed by atoms with Crippen molar-refractivity contribution in [3.05, 3.63) is 70.8 Å². The van der Waals surface area contributed by atoms with Gasteiger partial charge in [-0.2, -0.15) is 0 Å². The molecule has 0 bridgehead atoms. The Hall–Kier alpha value is -2.55. The van der Waals surface area contributed by atoms with E-state index in [2.05, 4.69) is 86.7 Å². The van der Waals surface area contributed by atoms with Crippen LogP contribution in [0.2, 0.25) is 0 Å². The van der Waals surface area contributed by atoms with Crippen LogP contribution < -0.4 is 9.30 Å². The number of hydrogen-bond donors (Lipinski definition) is 0. The highest BCUT2D eigenvalue weighted by Crippen LogP contribution is 2.25. The predicted octanol–water partition coefficient (Wildman–Crippen LogP) is 4.30. The van der Waals surface area contributed by atoms with Gasteiger partial charge in [0.1, 0.15) is 29.5 Å². The number of imidazole rings is 1. The Labute approximate surface area is 144 Å². The van der Waals surface area contributed by atoms with Crippen molar-refractivity contribution < 1.29 is 9.30 Å². The van der Waals surface area contributed by atoms with Gasteiger partial charge in [0.15, 0.2) is 0 Å². The fourth-order valence-electron chi connectivity index (χ4n) is 3.64. The summed E-state index contributed by atoms with van der Waals surface area (Å²) in [6.07, 6.45) is 6.38. The summed E-state index contributed by atoms with van der Waals surface area (Å²) in [7, 11) is 1.71. The minimum absolute atomic E-state index is 0.902. The van der Waals surface area contributed by atoms with Gasteiger partial charge in [-0.3, -0.25) is 0 Å². The Balaban J connectivity index is 2.10. The maximum Gasteiger partial charge on any atom is 0.254 e. The maximum atomic E-state index is 5.37. The monoisotopic (exact) mass is 321 g/mol. The molecule has 0 saturated heterocycles. The Kier molecular flexibility index (Phi) is 4.18. The molecule has 24 heavy (non-hydrogen) atoms. The Morgan fingerprint density at radius 1 is 0.833 bits per heavy atom. The molecule has 0 fully saturated rings. The topological polar surface area (TPSA) is 18.0 Å². The van der Waals surface area contributed by atoms with Crippen LogP contribution in [0.1, 0.15) is 27.8 Å². The van der Waals surface area contributed by atoms with Crippen molar-refractivity contribution in [3.8, 4) is 17.1 Å². The number of hydrogen-bond acceptors (Lipinski definition) is 1. The molecule has 0 amide bonds. The van der Waals surface area contributed by atoms with Crippen molar-refractivity contribution >= 4 is 0 Å². The van der Waals surface area contributed by atoms with Gasteiger partial charge < -0.3 is 4.74 Å². The third-order valence-electron chi connectivity index (χ3n) is 4.49. The number of aryl methyl sites for hydroxylation is 5. The van der Waals surface area contributed by atoms with E-state index in [9.17, 15) is 0 Å². The lowest BCUT2D eigenvalue weighted by atomic mass is 10.1. The van der Waals surface area contributed by atoms with Crippen molar-refractivity contribution in [1.29, 1.82) is 0 Å². The molecule has 0 saturated carbocycles. The highest BCUT2D eigenvalue weighted by molar-refractivity contribution is 5.51. The molecular weight excluding hydrogens is 296 g/mol. The summed E-state index contributed by atoms with van der Waals surface area (Å²) in [5, 5.41) is 0. The molecule has 0 spiro atoms. The van der Waals surface area contributed by atoms with E-state index >= 15 is 0 Å². The first-order valence-corrected chi connectivity index (χ1v) is 8.24. The van der Waals surface area contributed by atoms with Crippen LogP contribution in [-0.2, 0) is 0 Å². The van der Waals surface area contributed by atoms with Crippen LogP contribution in [0.25, 0.3) is 11.4 Å². The van der Waals surface area contributed by atoms with Gasteiger partial charge in [-0.1, -0.05) is 17.7 Å². The minimum atomic E-state index is 0.902. The van der Waals surface area contributed by atoms with Crippen LogP contribution in [0.5, 0.6) is 5.75 Å². The second-order valence-electron chi connectivity index (χ2n) is 6.59. The third kappa shape index (κ3) is 2.82. The largest absolute Gasteiger partial charge is 0.497 e. The van der Waals surface area contributed by atoms with Crippen LogP contribution in [0, 0.1) is 34.6 Å². The second-order valence-corrected chi connectivity index (χ2v) is 6.59. The maximum absolute atomic E-state index is 5.37. The molecule has 124 valence electrons. The van der Waals surface area contributed by atoms with E-state index < -0.39 is 0 Å². The van der Waals surface area contributed by atoms with E-state index in [1.165, 1.54) is 39.2 Å². The van der Waals surface area contributed by atoms with Crippen molar-refractivity contribution in [3.63, 3.8) is 0 Å². The molecule has 2 aromatic carbocycles. The molecule has 3 heteroatoms. The zero-order valence-corrected chi connectivity index (χ0v) is 15.3. The number of methoxy groups -OCH3 is 1. The molecule has 0 atom stereocenters. The van der Waals surface area contributed by atoms with Crippen LogP contribution in [0.15, 0.2) is 43.0 Å². The summed E-state index contributed by atoms with van der Waals surface area (Å²) < 4.78 is 9.75. The van der Waals surface area contributed by atoms with Gasteiger partial charge in [0.05, 0.1) is 7.11 Å². The number of benzene rings is 2. The van der Waals surface area contributed by atoms with Crippen LogP contribution in [0.4, 0.5) is 0 Å². The first kappa shape index (κ1) is 16.3. The average Bonchev–Trinajstić information content (AvgIpc) is 2.94. The molecule has 1 heterocycles. The minimum Gasteiger partial charge on any atom is -0.497 e. The Morgan fingerprint density at radius 3 is 1.96 bits per heavy atom. The van der Waals surface area contributed by atoms with Gasteiger partial charge in [0.2, 0.25) is 0 Å². The van der Waals surface area contributed by atoms with Gasteiger partial charge in [0.25, 0.3) is 6.33 Å². The van der Waals surface area contributed by atoms with Crippen LogP contribution >= 0.6 is 0 Å². The van der Waals surface area contributed by atoms with Gasteiger partial charge in [-0.15, -0.1) is 0 Å². The van der Waals surface area contributed by atoms with Crippen molar-refractivity contribution in [2.75, 3.05) is 7.11 Å². The number of aromatic nitrogens is 2. The zero-order valence-electron chi connectivity index (χ0n) is 15.3. The normalized spacial score (nSPS) is 10.9. The molecule has 0 aliphatic carbocycles. The van der Waals surface area contributed by atoms with Crippen molar-refractivity contribution in [1.82, 2.24) is 4.57 Å². The van der Waals surface area contributed by atoms with Crippen molar-refractivity contribution in [2.45, 2.75) is 34.6 Å². The standard InChI is InChI=1S/C21H25N2O/c1-14-9-15(2)20(16(3)10-14)22-7-8-23(13-22)21-17(4)11-19(24-6)12-18(21)5/h7-13H,1-6H3/q+1. The fraction of sp³-hybridized carbons (Fsp3) is 0.286. The molecule has 0 N–H and O–H groups in total. The summed E-state index contributed by atoms with van der Waals surface area (Å²) in [5.74, 6) is 0.902. The average molecular weight is 321 g/mol. The molecule has 1 aromatic heterocycles. The van der Waals surface area contributed by atoms with Crippen LogP contribution in [0.3, 0.4) is 0 Å². The number of rotatable bonds is 3. The van der Waals surface area contributed by atoms with Gasteiger partial charge >= 0.3 is 0 Å². The van der Waals surface area contributed by atoms with Crippen molar-refractivity contribution in [2.24, 2.45) is 0 Å². The molecule has 3 aromatic rings. The molecule has 0 unspecified atom stereocenters. The van der Waals surface area contributed by atoms with Gasteiger partial charge in [-0.05, 0) is 57.9 Å². The summed E-state index contributed by atoms with van der Waals surface area (Å²) >= 11 is 0. The molecular formula is C21H25N2O+. The smallest absolute Gasteiger partial charge is 0.254 e. The van der Waals surface area contributed by atoms with E-state index in [4.69, 9.17) is 4.74 Å². The summed E-state index contributed by atoms with van der Waals surface area (Å²) in [4.78, 5) is 0. The fourth-order valence-corrected chi connectivity index (χ4v) is 3.64. The molecule has 3 rings (SSSR count). The highest BCUT2D eigenvalue weighted by atomic mass is 16.5. The third-order valence-corrected chi connectivity index (χ3v) is 4.49. The van der Waals surface area contributed by atoms with E-state index in [-0.39, 0.29) is 0 Å². The van der Waals surface area contributed by atoms with E-state index in [0.717, 1.165) is 5.75 Å². The highest BCUT2D eigenvalue weighted by Gasteiger charge is 2.17.